The summed E-state index contributed by atoms with van der Waals surface area (Å²) in [6.45, 7) is 7.56. The molecule has 19 heavy (non-hydrogen) atoms. The molecule has 2 heteroatoms. The lowest BCUT2D eigenvalue weighted by molar-refractivity contribution is 0.353. The van der Waals surface area contributed by atoms with Gasteiger partial charge in [0.25, 0.3) is 0 Å². The summed E-state index contributed by atoms with van der Waals surface area (Å²) in [5.41, 5.74) is 2.42. The molecule has 106 valence electrons. The average molecular weight is 263 g/mol. The number of hydrogen-bond acceptors (Lipinski definition) is 1. The van der Waals surface area contributed by atoms with Crippen molar-refractivity contribution in [2.45, 2.75) is 52.5 Å². The van der Waals surface area contributed by atoms with Crippen molar-refractivity contribution in [2.75, 3.05) is 6.54 Å². The molecule has 2 atom stereocenters. The maximum Gasteiger partial charge on any atom is 0.123 e. The summed E-state index contributed by atoms with van der Waals surface area (Å²) in [4.78, 5) is 0. The van der Waals surface area contributed by atoms with E-state index in [1.807, 2.05) is 13.0 Å². The van der Waals surface area contributed by atoms with Gasteiger partial charge in [0, 0.05) is 6.04 Å². The van der Waals surface area contributed by atoms with Gasteiger partial charge in [-0.1, -0.05) is 26.3 Å². The van der Waals surface area contributed by atoms with Crippen LogP contribution in [0.2, 0.25) is 0 Å². The van der Waals surface area contributed by atoms with E-state index in [4.69, 9.17) is 0 Å². The van der Waals surface area contributed by atoms with Crippen molar-refractivity contribution in [1.82, 2.24) is 5.32 Å². The molecule has 2 unspecified atom stereocenters. The molecule has 1 aliphatic rings. The number of benzene rings is 1. The van der Waals surface area contributed by atoms with Crippen molar-refractivity contribution in [1.29, 1.82) is 0 Å². The maximum absolute atomic E-state index is 13.1. The SMILES string of the molecule is Cc1cc(F)ccc1CC1CCCC1CNC(C)C. The number of hydrogen-bond donors (Lipinski definition) is 1. The third-order valence-corrected chi connectivity index (χ3v) is 4.39. The van der Waals surface area contributed by atoms with Crippen LogP contribution in [0.25, 0.3) is 0 Å². The second kappa shape index (κ2) is 6.51. The summed E-state index contributed by atoms with van der Waals surface area (Å²) in [5.74, 6) is 1.42. The minimum absolute atomic E-state index is 0.120. The summed E-state index contributed by atoms with van der Waals surface area (Å²) in [7, 11) is 0. The number of rotatable bonds is 5. The Kier molecular flexibility index (Phi) is 4.98. The highest BCUT2D eigenvalue weighted by atomic mass is 19.1. The lowest BCUT2D eigenvalue weighted by atomic mass is 9.88. The fourth-order valence-corrected chi connectivity index (χ4v) is 3.21. The van der Waals surface area contributed by atoms with Gasteiger partial charge in [-0.2, -0.15) is 0 Å². The molecule has 1 nitrogen and oxygen atoms in total. The first-order chi connectivity index (χ1) is 9.06. The van der Waals surface area contributed by atoms with E-state index >= 15 is 0 Å². The van der Waals surface area contributed by atoms with Crippen molar-refractivity contribution >= 4 is 0 Å². The van der Waals surface area contributed by atoms with Crippen LogP contribution in [0.1, 0.15) is 44.2 Å². The summed E-state index contributed by atoms with van der Waals surface area (Å²) >= 11 is 0. The van der Waals surface area contributed by atoms with E-state index in [9.17, 15) is 4.39 Å². The van der Waals surface area contributed by atoms with Gasteiger partial charge in [0.1, 0.15) is 5.82 Å². The van der Waals surface area contributed by atoms with Gasteiger partial charge >= 0.3 is 0 Å². The van der Waals surface area contributed by atoms with Crippen LogP contribution in [-0.2, 0) is 6.42 Å². The fourth-order valence-electron chi connectivity index (χ4n) is 3.21. The summed E-state index contributed by atoms with van der Waals surface area (Å²) in [5, 5.41) is 3.57. The Morgan fingerprint density at radius 2 is 2.00 bits per heavy atom. The van der Waals surface area contributed by atoms with Crippen LogP contribution < -0.4 is 5.32 Å². The van der Waals surface area contributed by atoms with Gasteiger partial charge in [0.05, 0.1) is 0 Å². The fraction of sp³-hybridized carbons (Fsp3) is 0.647. The molecule has 1 aromatic carbocycles. The minimum atomic E-state index is -0.120. The van der Waals surface area contributed by atoms with E-state index in [2.05, 4.69) is 19.2 Å². The molecular formula is C17H26FN. The lowest BCUT2D eigenvalue weighted by Gasteiger charge is -2.22. The molecule has 0 bridgehead atoms. The Labute approximate surface area is 116 Å². The van der Waals surface area contributed by atoms with Gasteiger partial charge in [-0.3, -0.25) is 0 Å². The molecule has 0 heterocycles. The molecule has 0 spiro atoms. The summed E-state index contributed by atoms with van der Waals surface area (Å²) < 4.78 is 13.1. The van der Waals surface area contributed by atoms with Crippen molar-refractivity contribution < 1.29 is 4.39 Å². The standard InChI is InChI=1S/C17H26FN/c1-12(2)19-11-16-6-4-5-15(16)10-14-7-8-17(18)9-13(14)3/h7-9,12,15-16,19H,4-6,10-11H2,1-3H3. The molecule has 1 N–H and O–H groups in total. The molecule has 1 aromatic rings. The van der Waals surface area contributed by atoms with Crippen LogP contribution >= 0.6 is 0 Å². The van der Waals surface area contributed by atoms with Crippen molar-refractivity contribution in [3.63, 3.8) is 0 Å². The van der Waals surface area contributed by atoms with Gasteiger partial charge < -0.3 is 5.32 Å². The molecule has 0 saturated heterocycles. The zero-order valence-electron chi connectivity index (χ0n) is 12.4. The van der Waals surface area contributed by atoms with Gasteiger partial charge in [0.2, 0.25) is 0 Å². The number of aryl methyl sites for hydroxylation is 1. The van der Waals surface area contributed by atoms with E-state index in [0.29, 0.717) is 6.04 Å². The van der Waals surface area contributed by atoms with Gasteiger partial charge in [0.15, 0.2) is 0 Å². The average Bonchev–Trinajstić information content (AvgIpc) is 2.77. The molecule has 1 fully saturated rings. The predicted octanol–water partition coefficient (Wildman–Crippen LogP) is 4.09. The Hall–Kier alpha value is -0.890. The Morgan fingerprint density at radius 3 is 2.68 bits per heavy atom. The summed E-state index contributed by atoms with van der Waals surface area (Å²) in [6, 6.07) is 5.79. The second-order valence-corrected chi connectivity index (χ2v) is 6.29. The van der Waals surface area contributed by atoms with E-state index in [0.717, 1.165) is 30.4 Å². The molecule has 0 radical (unpaired) electrons. The van der Waals surface area contributed by atoms with Crippen molar-refractivity contribution in [3.05, 3.63) is 35.1 Å². The van der Waals surface area contributed by atoms with Gasteiger partial charge in [-0.25, -0.2) is 4.39 Å². The van der Waals surface area contributed by atoms with Crippen molar-refractivity contribution in [2.24, 2.45) is 11.8 Å². The Bertz CT molecular complexity index is 414. The first-order valence-electron chi connectivity index (χ1n) is 7.54. The van der Waals surface area contributed by atoms with Gasteiger partial charge in [-0.15, -0.1) is 0 Å². The van der Waals surface area contributed by atoms with E-state index in [1.54, 1.807) is 12.1 Å². The smallest absolute Gasteiger partial charge is 0.123 e. The van der Waals surface area contributed by atoms with E-state index < -0.39 is 0 Å². The maximum atomic E-state index is 13.1. The quantitative estimate of drug-likeness (QED) is 0.843. The largest absolute Gasteiger partial charge is 0.314 e. The topological polar surface area (TPSA) is 12.0 Å². The third kappa shape index (κ3) is 4.04. The van der Waals surface area contributed by atoms with Crippen LogP contribution in [0.3, 0.4) is 0 Å². The zero-order valence-corrected chi connectivity index (χ0v) is 12.4. The van der Waals surface area contributed by atoms with E-state index in [-0.39, 0.29) is 5.82 Å². The molecule has 0 aromatic heterocycles. The van der Waals surface area contributed by atoms with Crippen LogP contribution in [0, 0.1) is 24.6 Å². The normalized spacial score (nSPS) is 23.2. The summed E-state index contributed by atoms with van der Waals surface area (Å²) in [6.07, 6.45) is 5.11. The lowest BCUT2D eigenvalue weighted by Crippen LogP contribution is -2.31. The molecule has 0 aliphatic heterocycles. The molecule has 1 saturated carbocycles. The van der Waals surface area contributed by atoms with Crippen molar-refractivity contribution in [3.8, 4) is 0 Å². The zero-order chi connectivity index (χ0) is 13.8. The van der Waals surface area contributed by atoms with Crippen LogP contribution in [0.15, 0.2) is 18.2 Å². The highest BCUT2D eigenvalue weighted by molar-refractivity contribution is 5.27. The Morgan fingerprint density at radius 1 is 1.26 bits per heavy atom. The first-order valence-corrected chi connectivity index (χ1v) is 7.54. The minimum Gasteiger partial charge on any atom is -0.314 e. The van der Waals surface area contributed by atoms with E-state index in [1.165, 1.54) is 24.8 Å². The van der Waals surface area contributed by atoms with Crippen LogP contribution in [0.5, 0.6) is 0 Å². The number of halogens is 1. The Balaban J connectivity index is 1.97. The van der Waals surface area contributed by atoms with Crippen LogP contribution in [-0.4, -0.2) is 12.6 Å². The molecule has 1 aliphatic carbocycles. The highest BCUT2D eigenvalue weighted by Crippen LogP contribution is 2.34. The third-order valence-electron chi connectivity index (χ3n) is 4.39. The monoisotopic (exact) mass is 263 g/mol. The molecule has 0 amide bonds. The highest BCUT2D eigenvalue weighted by Gasteiger charge is 2.27. The van der Waals surface area contributed by atoms with Gasteiger partial charge in [-0.05, 0) is 67.8 Å². The first kappa shape index (κ1) is 14.5. The molecule has 2 rings (SSSR count). The predicted molar refractivity (Wildman–Crippen MR) is 78.8 cm³/mol. The molecular weight excluding hydrogens is 237 g/mol. The van der Waals surface area contributed by atoms with Crippen LogP contribution in [0.4, 0.5) is 4.39 Å². The second-order valence-electron chi connectivity index (χ2n) is 6.29. The number of nitrogens with one attached hydrogen (secondary N) is 1.